The Morgan fingerprint density at radius 2 is 2.00 bits per heavy atom. The van der Waals surface area contributed by atoms with Crippen LogP contribution in [0, 0.1) is 5.82 Å². The first-order valence-electron chi connectivity index (χ1n) is 6.02. The molecule has 0 fully saturated rings. The van der Waals surface area contributed by atoms with Gasteiger partial charge in [0.15, 0.2) is 10.4 Å². The van der Waals surface area contributed by atoms with E-state index >= 15 is 0 Å². The second-order valence-electron chi connectivity index (χ2n) is 4.78. The molecule has 1 amide bonds. The maximum absolute atomic E-state index is 12.8. The molecule has 1 aromatic carbocycles. The van der Waals surface area contributed by atoms with E-state index in [9.17, 15) is 9.18 Å². The highest BCUT2D eigenvalue weighted by molar-refractivity contribution is 7.07. The number of halogens is 1. The first kappa shape index (κ1) is 14.5. The third-order valence-corrected chi connectivity index (χ3v) is 3.51. The van der Waals surface area contributed by atoms with Gasteiger partial charge < -0.3 is 9.30 Å². The molecule has 0 atom stereocenters. The molecule has 1 heterocycles. The van der Waals surface area contributed by atoms with Gasteiger partial charge in [0.1, 0.15) is 11.6 Å². The topological polar surface area (TPSA) is 43.6 Å². The maximum atomic E-state index is 12.8. The van der Waals surface area contributed by atoms with Crippen molar-refractivity contribution in [2.45, 2.75) is 19.4 Å². The summed E-state index contributed by atoms with van der Waals surface area (Å²) in [6, 6.07) is 5.53. The van der Waals surface area contributed by atoms with E-state index in [1.54, 1.807) is 18.4 Å². The fraction of sp³-hybridized carbons (Fsp3) is 0.286. The van der Waals surface area contributed by atoms with Gasteiger partial charge in [-0.05, 0) is 38.1 Å². The molecule has 0 N–H and O–H groups in total. The lowest BCUT2D eigenvalue weighted by Crippen LogP contribution is -2.38. The molecule has 0 bridgehead atoms. The summed E-state index contributed by atoms with van der Waals surface area (Å²) in [5.41, 5.74) is -1.12. The number of thiazole rings is 1. The van der Waals surface area contributed by atoms with Crippen LogP contribution in [-0.2, 0) is 11.8 Å². The zero-order chi connectivity index (χ0) is 14.8. The van der Waals surface area contributed by atoms with Crippen molar-refractivity contribution in [2.75, 3.05) is 0 Å². The van der Waals surface area contributed by atoms with E-state index in [0.717, 1.165) is 0 Å². The number of rotatable bonds is 3. The van der Waals surface area contributed by atoms with E-state index in [0.29, 0.717) is 10.6 Å². The Labute approximate surface area is 120 Å². The van der Waals surface area contributed by atoms with Crippen LogP contribution in [0.15, 0.2) is 40.8 Å². The SMILES string of the molecule is Cn1ccsc1=NC(=O)C(C)(C)Oc1ccc(F)cc1. The minimum Gasteiger partial charge on any atom is -0.478 e. The average molecular weight is 294 g/mol. The molecule has 0 aliphatic heterocycles. The Morgan fingerprint density at radius 1 is 1.35 bits per heavy atom. The van der Waals surface area contributed by atoms with Crippen LogP contribution in [0.1, 0.15) is 13.8 Å². The molecule has 6 heteroatoms. The molecule has 0 unspecified atom stereocenters. The van der Waals surface area contributed by atoms with Crippen LogP contribution < -0.4 is 9.54 Å². The van der Waals surface area contributed by atoms with Crippen LogP contribution in [0.3, 0.4) is 0 Å². The molecular formula is C14H15FN2O2S. The summed E-state index contributed by atoms with van der Waals surface area (Å²) in [5, 5.41) is 1.85. The quantitative estimate of drug-likeness (QED) is 0.873. The van der Waals surface area contributed by atoms with E-state index in [1.165, 1.54) is 35.6 Å². The Morgan fingerprint density at radius 3 is 2.55 bits per heavy atom. The summed E-state index contributed by atoms with van der Waals surface area (Å²) in [5.74, 6) is -0.313. The fourth-order valence-electron chi connectivity index (χ4n) is 1.50. The molecule has 1 aromatic heterocycles. The van der Waals surface area contributed by atoms with Crippen molar-refractivity contribution < 1.29 is 13.9 Å². The van der Waals surface area contributed by atoms with Crippen LogP contribution >= 0.6 is 11.3 Å². The van der Waals surface area contributed by atoms with Gasteiger partial charge in [-0.15, -0.1) is 11.3 Å². The van der Waals surface area contributed by atoms with Gasteiger partial charge in [0.05, 0.1) is 0 Å². The number of hydrogen-bond acceptors (Lipinski definition) is 3. The Hall–Kier alpha value is -1.95. The number of ether oxygens (including phenoxy) is 1. The van der Waals surface area contributed by atoms with Crippen molar-refractivity contribution in [1.82, 2.24) is 4.57 Å². The van der Waals surface area contributed by atoms with E-state index in [4.69, 9.17) is 4.74 Å². The smallest absolute Gasteiger partial charge is 0.291 e. The van der Waals surface area contributed by atoms with E-state index in [2.05, 4.69) is 4.99 Å². The average Bonchev–Trinajstić information content (AvgIpc) is 2.78. The number of carbonyl (C=O) groups excluding carboxylic acids is 1. The Kier molecular flexibility index (Phi) is 4.04. The van der Waals surface area contributed by atoms with Crippen molar-refractivity contribution in [3.8, 4) is 5.75 Å². The lowest BCUT2D eigenvalue weighted by atomic mass is 10.1. The second-order valence-corrected chi connectivity index (χ2v) is 5.65. The van der Waals surface area contributed by atoms with Crippen molar-refractivity contribution in [1.29, 1.82) is 0 Å². The molecule has 0 aliphatic carbocycles. The molecule has 106 valence electrons. The highest BCUT2D eigenvalue weighted by Crippen LogP contribution is 2.19. The zero-order valence-corrected chi connectivity index (χ0v) is 12.3. The Bertz CT molecular complexity index is 671. The van der Waals surface area contributed by atoms with Gasteiger partial charge in [-0.25, -0.2) is 4.39 Å². The highest BCUT2D eigenvalue weighted by Gasteiger charge is 2.29. The van der Waals surface area contributed by atoms with Crippen LogP contribution in [0.5, 0.6) is 5.75 Å². The standard InChI is InChI=1S/C14H15FN2O2S/c1-14(2,19-11-6-4-10(15)5-7-11)12(18)16-13-17(3)8-9-20-13/h4-9H,1-3H3. The molecule has 0 spiro atoms. The highest BCUT2D eigenvalue weighted by atomic mass is 32.1. The predicted molar refractivity (Wildman–Crippen MR) is 75.0 cm³/mol. The second kappa shape index (κ2) is 5.58. The summed E-state index contributed by atoms with van der Waals surface area (Å²) in [6.45, 7) is 3.27. The fourth-order valence-corrected chi connectivity index (χ4v) is 2.22. The summed E-state index contributed by atoms with van der Waals surface area (Å²) in [6.07, 6.45) is 1.82. The van der Waals surface area contributed by atoms with Crippen molar-refractivity contribution in [2.24, 2.45) is 12.0 Å². The molecule has 0 saturated carbocycles. The van der Waals surface area contributed by atoms with Crippen LogP contribution in [-0.4, -0.2) is 16.1 Å². The predicted octanol–water partition coefficient (Wildman–Crippen LogP) is 2.51. The first-order valence-corrected chi connectivity index (χ1v) is 6.90. The van der Waals surface area contributed by atoms with Gasteiger partial charge in [0.25, 0.3) is 5.91 Å². The molecule has 0 saturated heterocycles. The van der Waals surface area contributed by atoms with Gasteiger partial charge in [-0.1, -0.05) is 0 Å². The lowest BCUT2D eigenvalue weighted by molar-refractivity contribution is -0.130. The van der Waals surface area contributed by atoms with Crippen molar-refractivity contribution in [3.63, 3.8) is 0 Å². The third-order valence-electron chi connectivity index (χ3n) is 2.66. The molecule has 2 rings (SSSR count). The first-order chi connectivity index (χ1) is 9.38. The summed E-state index contributed by atoms with van der Waals surface area (Å²) < 4.78 is 20.2. The van der Waals surface area contributed by atoms with Gasteiger partial charge in [0.2, 0.25) is 0 Å². The molecule has 0 aliphatic rings. The minimum absolute atomic E-state index is 0.350. The molecule has 0 radical (unpaired) electrons. The van der Waals surface area contributed by atoms with Gasteiger partial charge >= 0.3 is 0 Å². The monoisotopic (exact) mass is 294 g/mol. The largest absolute Gasteiger partial charge is 0.478 e. The summed E-state index contributed by atoms with van der Waals surface area (Å²) in [7, 11) is 1.82. The number of benzene rings is 1. The lowest BCUT2D eigenvalue weighted by Gasteiger charge is -2.22. The molecule has 4 nitrogen and oxygen atoms in total. The third kappa shape index (κ3) is 3.33. The van der Waals surface area contributed by atoms with E-state index in [1.807, 2.05) is 18.6 Å². The number of hydrogen-bond donors (Lipinski definition) is 0. The number of carbonyl (C=O) groups is 1. The summed E-state index contributed by atoms with van der Waals surface area (Å²) in [4.78, 5) is 16.8. The Balaban J connectivity index is 2.20. The molecule has 20 heavy (non-hydrogen) atoms. The maximum Gasteiger partial charge on any atom is 0.291 e. The zero-order valence-electron chi connectivity index (χ0n) is 11.5. The molecular weight excluding hydrogens is 279 g/mol. The van der Waals surface area contributed by atoms with Crippen molar-refractivity contribution >= 4 is 17.2 Å². The number of aromatic nitrogens is 1. The van der Waals surface area contributed by atoms with Gasteiger partial charge in [0, 0.05) is 18.6 Å². The van der Waals surface area contributed by atoms with Gasteiger partial charge in [-0.2, -0.15) is 4.99 Å². The summed E-state index contributed by atoms with van der Waals surface area (Å²) >= 11 is 1.37. The minimum atomic E-state index is -1.12. The molecule has 2 aromatic rings. The van der Waals surface area contributed by atoms with Crippen molar-refractivity contribution in [3.05, 3.63) is 46.5 Å². The van der Waals surface area contributed by atoms with E-state index in [-0.39, 0.29) is 11.7 Å². The van der Waals surface area contributed by atoms with Gasteiger partial charge in [-0.3, -0.25) is 4.79 Å². The van der Waals surface area contributed by atoms with Crippen LogP contribution in [0.25, 0.3) is 0 Å². The van der Waals surface area contributed by atoms with Crippen LogP contribution in [0.2, 0.25) is 0 Å². The number of aryl methyl sites for hydroxylation is 1. The number of nitrogens with zero attached hydrogens (tertiary/aromatic N) is 2. The number of amides is 1. The normalized spacial score (nSPS) is 12.5. The van der Waals surface area contributed by atoms with Crippen LogP contribution in [0.4, 0.5) is 4.39 Å². The van der Waals surface area contributed by atoms with E-state index < -0.39 is 5.60 Å².